The molecule has 0 atom stereocenters. The van der Waals surface area contributed by atoms with E-state index < -0.39 is 11.9 Å². The van der Waals surface area contributed by atoms with E-state index in [0.717, 1.165) is 6.42 Å². The van der Waals surface area contributed by atoms with Crippen molar-refractivity contribution in [3.05, 3.63) is 23.8 Å². The Hall–Kier alpha value is -1.58. The SMILES string of the molecule is C=C(C(=O)O)/C(=C/CCC)C(=O)O. The van der Waals surface area contributed by atoms with Gasteiger partial charge in [0.2, 0.25) is 0 Å². The van der Waals surface area contributed by atoms with Gasteiger partial charge in [-0.1, -0.05) is 26.0 Å². The highest BCUT2D eigenvalue weighted by atomic mass is 16.4. The molecule has 0 spiro atoms. The van der Waals surface area contributed by atoms with Gasteiger partial charge >= 0.3 is 11.9 Å². The Morgan fingerprint density at radius 2 is 1.85 bits per heavy atom. The van der Waals surface area contributed by atoms with Crippen LogP contribution in [0.5, 0.6) is 0 Å². The molecule has 0 heterocycles. The van der Waals surface area contributed by atoms with Gasteiger partial charge in [0.1, 0.15) is 0 Å². The molecule has 0 saturated heterocycles. The second-order valence-electron chi connectivity index (χ2n) is 2.50. The average molecular weight is 184 g/mol. The molecule has 0 amide bonds. The van der Waals surface area contributed by atoms with Crippen molar-refractivity contribution in [2.45, 2.75) is 19.8 Å². The zero-order valence-electron chi connectivity index (χ0n) is 7.41. The third kappa shape index (κ3) is 3.55. The van der Waals surface area contributed by atoms with Gasteiger partial charge in [-0.25, -0.2) is 9.59 Å². The van der Waals surface area contributed by atoms with Gasteiger partial charge in [-0.05, 0) is 6.42 Å². The Balaban J connectivity index is 4.71. The van der Waals surface area contributed by atoms with Crippen LogP contribution in [0.1, 0.15) is 19.8 Å². The van der Waals surface area contributed by atoms with Crippen molar-refractivity contribution in [3.63, 3.8) is 0 Å². The number of carbonyl (C=O) groups is 2. The Labute approximate surface area is 76.2 Å². The highest BCUT2D eigenvalue weighted by Crippen LogP contribution is 2.10. The first kappa shape index (κ1) is 11.4. The number of rotatable bonds is 5. The fourth-order valence-corrected chi connectivity index (χ4v) is 0.743. The molecule has 0 radical (unpaired) electrons. The Kier molecular flexibility index (Phi) is 4.51. The van der Waals surface area contributed by atoms with Crippen LogP contribution in [0.2, 0.25) is 0 Å². The van der Waals surface area contributed by atoms with Crippen molar-refractivity contribution in [1.29, 1.82) is 0 Å². The fourth-order valence-electron chi connectivity index (χ4n) is 0.743. The smallest absolute Gasteiger partial charge is 0.336 e. The number of hydrogen-bond acceptors (Lipinski definition) is 2. The molecule has 0 aromatic heterocycles. The molecule has 0 saturated carbocycles. The maximum atomic E-state index is 10.6. The molecule has 0 aromatic rings. The van der Waals surface area contributed by atoms with Gasteiger partial charge in [-0.2, -0.15) is 0 Å². The zero-order chi connectivity index (χ0) is 10.4. The molecule has 0 rings (SSSR count). The van der Waals surface area contributed by atoms with Gasteiger partial charge < -0.3 is 10.2 Å². The van der Waals surface area contributed by atoms with E-state index in [0.29, 0.717) is 6.42 Å². The van der Waals surface area contributed by atoms with Gasteiger partial charge in [-0.15, -0.1) is 0 Å². The molecule has 0 fully saturated rings. The summed E-state index contributed by atoms with van der Waals surface area (Å²) in [4.78, 5) is 21.0. The van der Waals surface area contributed by atoms with Crippen LogP contribution in [0.3, 0.4) is 0 Å². The summed E-state index contributed by atoms with van der Waals surface area (Å²) in [7, 11) is 0. The minimum Gasteiger partial charge on any atom is -0.478 e. The number of allylic oxidation sites excluding steroid dienone is 1. The number of aliphatic carboxylic acids is 2. The molecule has 4 heteroatoms. The van der Waals surface area contributed by atoms with E-state index in [1.165, 1.54) is 6.08 Å². The summed E-state index contributed by atoms with van der Waals surface area (Å²) in [6.07, 6.45) is 2.68. The van der Waals surface area contributed by atoms with Crippen molar-refractivity contribution in [2.75, 3.05) is 0 Å². The fraction of sp³-hybridized carbons (Fsp3) is 0.333. The summed E-state index contributed by atoms with van der Waals surface area (Å²) in [6, 6.07) is 0. The van der Waals surface area contributed by atoms with Gasteiger partial charge in [0.25, 0.3) is 0 Å². The van der Waals surface area contributed by atoms with Crippen molar-refractivity contribution in [3.8, 4) is 0 Å². The average Bonchev–Trinajstić information content (AvgIpc) is 2.04. The summed E-state index contributed by atoms with van der Waals surface area (Å²) in [6.45, 7) is 5.05. The van der Waals surface area contributed by atoms with Gasteiger partial charge in [-0.3, -0.25) is 0 Å². The lowest BCUT2D eigenvalue weighted by molar-refractivity contribution is -0.136. The quantitative estimate of drug-likeness (QED) is 0.500. The van der Waals surface area contributed by atoms with Gasteiger partial charge in [0, 0.05) is 0 Å². The molecular formula is C9H12O4. The van der Waals surface area contributed by atoms with Crippen LogP contribution >= 0.6 is 0 Å². The van der Waals surface area contributed by atoms with Crippen molar-refractivity contribution >= 4 is 11.9 Å². The maximum Gasteiger partial charge on any atom is 0.336 e. The number of unbranched alkanes of at least 4 members (excludes halogenated alkanes) is 1. The van der Waals surface area contributed by atoms with E-state index >= 15 is 0 Å². The maximum absolute atomic E-state index is 10.6. The molecule has 0 aliphatic heterocycles. The molecule has 0 aromatic carbocycles. The second kappa shape index (κ2) is 5.13. The molecule has 4 nitrogen and oxygen atoms in total. The predicted octanol–water partition coefficient (Wildman–Crippen LogP) is 1.44. The Bertz CT molecular complexity index is 263. The topological polar surface area (TPSA) is 74.6 Å². The summed E-state index contributed by atoms with van der Waals surface area (Å²) < 4.78 is 0. The van der Waals surface area contributed by atoms with Crippen LogP contribution in [0.25, 0.3) is 0 Å². The number of hydrogen-bond donors (Lipinski definition) is 2. The molecular weight excluding hydrogens is 172 g/mol. The van der Waals surface area contributed by atoms with Crippen LogP contribution in [0, 0.1) is 0 Å². The minimum absolute atomic E-state index is 0.227. The first-order valence-electron chi connectivity index (χ1n) is 3.86. The van der Waals surface area contributed by atoms with E-state index in [4.69, 9.17) is 10.2 Å². The van der Waals surface area contributed by atoms with Gasteiger partial charge in [0.05, 0.1) is 11.1 Å². The summed E-state index contributed by atoms with van der Waals surface area (Å²) in [5, 5.41) is 17.1. The summed E-state index contributed by atoms with van der Waals surface area (Å²) >= 11 is 0. The van der Waals surface area contributed by atoms with Crippen LogP contribution in [-0.2, 0) is 9.59 Å². The molecule has 13 heavy (non-hydrogen) atoms. The van der Waals surface area contributed by atoms with Crippen LogP contribution in [-0.4, -0.2) is 22.2 Å². The lowest BCUT2D eigenvalue weighted by atomic mass is 10.1. The monoisotopic (exact) mass is 184 g/mol. The molecule has 0 unspecified atom stereocenters. The molecule has 2 N–H and O–H groups in total. The summed E-state index contributed by atoms with van der Waals surface area (Å²) in [5.74, 6) is -2.55. The second-order valence-corrected chi connectivity index (χ2v) is 2.50. The first-order valence-corrected chi connectivity index (χ1v) is 3.86. The molecule has 0 aliphatic rings. The third-order valence-corrected chi connectivity index (χ3v) is 1.45. The minimum atomic E-state index is -1.30. The first-order chi connectivity index (χ1) is 6.00. The predicted molar refractivity (Wildman–Crippen MR) is 47.4 cm³/mol. The van der Waals surface area contributed by atoms with E-state index in [2.05, 4.69) is 6.58 Å². The molecule has 0 aliphatic carbocycles. The van der Waals surface area contributed by atoms with Crippen molar-refractivity contribution in [1.82, 2.24) is 0 Å². The van der Waals surface area contributed by atoms with Crippen LogP contribution < -0.4 is 0 Å². The van der Waals surface area contributed by atoms with Crippen molar-refractivity contribution in [2.24, 2.45) is 0 Å². The highest BCUT2D eigenvalue weighted by molar-refractivity contribution is 6.04. The summed E-state index contributed by atoms with van der Waals surface area (Å²) in [5.41, 5.74) is -0.602. The van der Waals surface area contributed by atoms with E-state index in [1.807, 2.05) is 6.92 Å². The van der Waals surface area contributed by atoms with E-state index in [9.17, 15) is 9.59 Å². The van der Waals surface area contributed by atoms with Gasteiger partial charge in [0.15, 0.2) is 0 Å². The normalized spacial score (nSPS) is 11.0. The number of carboxylic acid groups (broad SMARTS) is 2. The van der Waals surface area contributed by atoms with Crippen LogP contribution in [0.4, 0.5) is 0 Å². The lowest BCUT2D eigenvalue weighted by Gasteiger charge is -2.00. The van der Waals surface area contributed by atoms with E-state index in [-0.39, 0.29) is 11.1 Å². The Morgan fingerprint density at radius 1 is 1.31 bits per heavy atom. The third-order valence-electron chi connectivity index (χ3n) is 1.45. The molecule has 72 valence electrons. The zero-order valence-corrected chi connectivity index (χ0v) is 7.41. The van der Waals surface area contributed by atoms with Crippen molar-refractivity contribution < 1.29 is 19.8 Å². The highest BCUT2D eigenvalue weighted by Gasteiger charge is 2.16. The number of carboxylic acids is 2. The Morgan fingerprint density at radius 3 is 2.15 bits per heavy atom. The van der Waals surface area contributed by atoms with E-state index in [1.54, 1.807) is 0 Å². The van der Waals surface area contributed by atoms with Crippen LogP contribution in [0.15, 0.2) is 23.8 Å². The standard InChI is InChI=1S/C9H12O4/c1-3-4-5-7(9(12)13)6(2)8(10)11/h5H,2-4H2,1H3,(H,10,11)(H,12,13)/b7-5-. The largest absolute Gasteiger partial charge is 0.478 e. The molecule has 0 bridgehead atoms. The lowest BCUT2D eigenvalue weighted by Crippen LogP contribution is -2.10.